The Bertz CT molecular complexity index is 688. The first-order chi connectivity index (χ1) is 11.0. The van der Waals surface area contributed by atoms with E-state index < -0.39 is 5.97 Å². The number of carbonyl (C=O) groups is 2. The van der Waals surface area contributed by atoms with Gasteiger partial charge >= 0.3 is 5.97 Å². The Kier molecular flexibility index (Phi) is 5.82. The van der Waals surface area contributed by atoms with Crippen LogP contribution in [0.3, 0.4) is 0 Å². The van der Waals surface area contributed by atoms with Crippen LogP contribution < -0.4 is 0 Å². The number of aromatic carboxylic acids is 1. The van der Waals surface area contributed by atoms with E-state index in [0.29, 0.717) is 4.90 Å². The Hall–Kier alpha value is -2.27. The van der Waals surface area contributed by atoms with Crippen molar-refractivity contribution in [2.24, 2.45) is 0 Å². The first kappa shape index (κ1) is 17.1. The summed E-state index contributed by atoms with van der Waals surface area (Å²) in [5, 5.41) is 9.17. The molecule has 23 heavy (non-hydrogen) atoms. The highest BCUT2D eigenvalue weighted by molar-refractivity contribution is 8.00. The van der Waals surface area contributed by atoms with E-state index in [1.807, 2.05) is 37.3 Å². The van der Waals surface area contributed by atoms with Crippen molar-refractivity contribution in [3.8, 4) is 0 Å². The molecule has 0 fully saturated rings. The quantitative estimate of drug-likeness (QED) is 0.821. The lowest BCUT2D eigenvalue weighted by molar-refractivity contribution is -0.128. The second-order valence-electron chi connectivity index (χ2n) is 5.18. The Morgan fingerprint density at radius 2 is 1.70 bits per heavy atom. The van der Waals surface area contributed by atoms with E-state index in [-0.39, 0.29) is 23.3 Å². The van der Waals surface area contributed by atoms with Gasteiger partial charge in [-0.15, -0.1) is 11.8 Å². The molecule has 1 atom stereocenters. The molecule has 0 saturated heterocycles. The number of carboxylic acids is 1. The van der Waals surface area contributed by atoms with E-state index in [4.69, 9.17) is 5.11 Å². The summed E-state index contributed by atoms with van der Waals surface area (Å²) in [6.07, 6.45) is 0. The molecule has 2 rings (SSSR count). The lowest BCUT2D eigenvalue weighted by Crippen LogP contribution is -2.31. The molecule has 1 N–H and O–H groups in total. The van der Waals surface area contributed by atoms with Gasteiger partial charge in [-0.3, -0.25) is 4.79 Å². The molecule has 0 aliphatic rings. The van der Waals surface area contributed by atoms with Crippen LogP contribution in [-0.4, -0.2) is 34.7 Å². The van der Waals surface area contributed by atoms with Crippen molar-refractivity contribution in [1.29, 1.82) is 0 Å². The first-order valence-electron chi connectivity index (χ1n) is 7.26. The summed E-state index contributed by atoms with van der Waals surface area (Å²) in [5.41, 5.74) is 1.29. The van der Waals surface area contributed by atoms with Crippen molar-refractivity contribution in [3.05, 3.63) is 65.7 Å². The van der Waals surface area contributed by atoms with Crippen LogP contribution in [0.1, 0.15) is 28.9 Å². The van der Waals surface area contributed by atoms with Gasteiger partial charge in [0.25, 0.3) is 0 Å². The fourth-order valence-electron chi connectivity index (χ4n) is 2.18. The lowest BCUT2D eigenvalue weighted by atomic mass is 10.1. The zero-order valence-corrected chi connectivity index (χ0v) is 13.9. The van der Waals surface area contributed by atoms with Crippen molar-refractivity contribution in [3.63, 3.8) is 0 Å². The molecule has 0 radical (unpaired) electrons. The van der Waals surface area contributed by atoms with Crippen LogP contribution in [0.25, 0.3) is 0 Å². The second kappa shape index (κ2) is 7.83. The molecule has 2 aromatic carbocycles. The molecule has 120 valence electrons. The van der Waals surface area contributed by atoms with Gasteiger partial charge in [-0.05, 0) is 24.6 Å². The van der Waals surface area contributed by atoms with Crippen molar-refractivity contribution >= 4 is 23.6 Å². The van der Waals surface area contributed by atoms with Gasteiger partial charge in [-0.1, -0.05) is 42.5 Å². The molecule has 2 aromatic rings. The Morgan fingerprint density at radius 3 is 2.35 bits per heavy atom. The van der Waals surface area contributed by atoms with Crippen LogP contribution in [0, 0.1) is 0 Å². The molecule has 0 bridgehead atoms. The number of hydrogen-bond donors (Lipinski definition) is 1. The molecule has 0 saturated carbocycles. The van der Waals surface area contributed by atoms with Crippen molar-refractivity contribution in [2.75, 3.05) is 12.8 Å². The minimum absolute atomic E-state index is 0.0287. The van der Waals surface area contributed by atoms with Crippen molar-refractivity contribution in [1.82, 2.24) is 4.90 Å². The van der Waals surface area contributed by atoms with Crippen LogP contribution in [-0.2, 0) is 4.79 Å². The maximum absolute atomic E-state index is 12.4. The number of carboxylic acid groups (broad SMARTS) is 1. The maximum Gasteiger partial charge on any atom is 0.336 e. The smallest absolute Gasteiger partial charge is 0.336 e. The molecular formula is C18H19NO3S. The van der Waals surface area contributed by atoms with Gasteiger partial charge in [0.15, 0.2) is 0 Å². The highest BCUT2D eigenvalue weighted by Gasteiger charge is 2.18. The monoisotopic (exact) mass is 329 g/mol. The molecule has 4 nitrogen and oxygen atoms in total. The number of hydrogen-bond acceptors (Lipinski definition) is 3. The van der Waals surface area contributed by atoms with E-state index in [2.05, 4.69) is 0 Å². The minimum atomic E-state index is -0.980. The number of nitrogens with zero attached hydrogens (tertiary/aromatic N) is 1. The highest BCUT2D eigenvalue weighted by Crippen LogP contribution is 2.25. The van der Waals surface area contributed by atoms with Gasteiger partial charge in [-0.2, -0.15) is 0 Å². The zero-order chi connectivity index (χ0) is 16.8. The van der Waals surface area contributed by atoms with Gasteiger partial charge in [0.2, 0.25) is 5.91 Å². The standard InChI is InChI=1S/C18H19NO3S/c1-13(14-8-4-3-5-9-14)19(2)17(20)12-23-16-11-7-6-10-15(16)18(21)22/h3-11,13H,12H2,1-2H3,(H,21,22)/t13-/m1/s1. The van der Waals surface area contributed by atoms with Crippen LogP contribution in [0.2, 0.25) is 0 Å². The summed E-state index contributed by atoms with van der Waals surface area (Å²) in [4.78, 5) is 25.8. The first-order valence-corrected chi connectivity index (χ1v) is 8.25. The van der Waals surface area contributed by atoms with Gasteiger partial charge in [-0.25, -0.2) is 4.79 Å². The summed E-state index contributed by atoms with van der Waals surface area (Å²) in [5.74, 6) is -0.809. The van der Waals surface area contributed by atoms with E-state index in [9.17, 15) is 9.59 Å². The molecule has 0 aliphatic heterocycles. The zero-order valence-electron chi connectivity index (χ0n) is 13.1. The van der Waals surface area contributed by atoms with Crippen LogP contribution in [0.15, 0.2) is 59.5 Å². The predicted molar refractivity (Wildman–Crippen MR) is 91.8 cm³/mol. The molecule has 0 unspecified atom stereocenters. The van der Waals surface area contributed by atoms with E-state index >= 15 is 0 Å². The fourth-order valence-corrected chi connectivity index (χ4v) is 3.15. The van der Waals surface area contributed by atoms with Crippen LogP contribution in [0.4, 0.5) is 0 Å². The number of amides is 1. The van der Waals surface area contributed by atoms with E-state index in [0.717, 1.165) is 5.56 Å². The minimum Gasteiger partial charge on any atom is -0.478 e. The van der Waals surface area contributed by atoms with Gasteiger partial charge in [0, 0.05) is 11.9 Å². The topological polar surface area (TPSA) is 57.6 Å². The molecular weight excluding hydrogens is 310 g/mol. The van der Waals surface area contributed by atoms with E-state index in [1.165, 1.54) is 11.8 Å². The third-order valence-corrected chi connectivity index (χ3v) is 4.78. The summed E-state index contributed by atoms with van der Waals surface area (Å²) in [6, 6.07) is 16.5. The molecule has 5 heteroatoms. The summed E-state index contributed by atoms with van der Waals surface area (Å²) < 4.78 is 0. The van der Waals surface area contributed by atoms with Crippen molar-refractivity contribution in [2.45, 2.75) is 17.9 Å². The fraction of sp³-hybridized carbons (Fsp3) is 0.222. The number of thioether (sulfide) groups is 1. The number of benzene rings is 2. The maximum atomic E-state index is 12.4. The van der Waals surface area contributed by atoms with Crippen molar-refractivity contribution < 1.29 is 14.7 Å². The normalized spacial score (nSPS) is 11.7. The van der Waals surface area contributed by atoms with Crippen LogP contribution >= 0.6 is 11.8 Å². The summed E-state index contributed by atoms with van der Waals surface area (Å²) >= 11 is 1.25. The SMILES string of the molecule is C[C@H](c1ccccc1)N(C)C(=O)CSc1ccccc1C(=O)O. The predicted octanol–water partition coefficient (Wildman–Crippen LogP) is 3.70. The van der Waals surface area contributed by atoms with Crippen LogP contribution in [0.5, 0.6) is 0 Å². The average Bonchev–Trinajstić information content (AvgIpc) is 2.59. The Balaban J connectivity index is 2.01. The Morgan fingerprint density at radius 1 is 1.09 bits per heavy atom. The molecule has 0 spiro atoms. The number of rotatable bonds is 6. The number of carbonyl (C=O) groups excluding carboxylic acids is 1. The third kappa shape index (κ3) is 4.36. The molecule has 0 heterocycles. The average molecular weight is 329 g/mol. The second-order valence-corrected chi connectivity index (χ2v) is 6.20. The summed E-state index contributed by atoms with van der Waals surface area (Å²) in [6.45, 7) is 1.98. The van der Waals surface area contributed by atoms with Gasteiger partial charge in [0.1, 0.15) is 0 Å². The van der Waals surface area contributed by atoms with E-state index in [1.54, 1.807) is 36.2 Å². The molecule has 0 aromatic heterocycles. The largest absolute Gasteiger partial charge is 0.478 e. The summed E-state index contributed by atoms with van der Waals surface area (Å²) in [7, 11) is 1.77. The Labute approximate surface area is 140 Å². The van der Waals surface area contributed by atoms with Gasteiger partial charge < -0.3 is 10.0 Å². The highest BCUT2D eigenvalue weighted by atomic mass is 32.2. The lowest BCUT2D eigenvalue weighted by Gasteiger charge is -2.25. The molecule has 1 amide bonds. The third-order valence-electron chi connectivity index (χ3n) is 3.72. The van der Waals surface area contributed by atoms with Gasteiger partial charge in [0.05, 0.1) is 17.4 Å². The molecule has 0 aliphatic carbocycles.